The number of nitrogens with zero attached hydrogens (tertiary/aromatic N) is 1. The van der Waals surface area contributed by atoms with Crippen LogP contribution in [0.3, 0.4) is 0 Å². The first-order valence-corrected chi connectivity index (χ1v) is 8.60. The maximum atomic E-state index is 14.0. The smallest absolute Gasteiger partial charge is 0.325 e. The van der Waals surface area contributed by atoms with Crippen LogP contribution in [0.25, 0.3) is 0 Å². The number of anilines is 1. The summed E-state index contributed by atoms with van der Waals surface area (Å²) in [6.07, 6.45) is -3.63. The van der Waals surface area contributed by atoms with Crippen molar-refractivity contribution in [2.24, 2.45) is 0 Å². The first-order chi connectivity index (χ1) is 13.7. The number of aromatic nitrogens is 1. The zero-order chi connectivity index (χ0) is 20.8. The maximum Gasteiger partial charge on any atom is 0.433 e. The van der Waals surface area contributed by atoms with Gasteiger partial charge in [0, 0.05) is 11.9 Å². The van der Waals surface area contributed by atoms with Crippen LogP contribution in [0, 0.1) is 11.6 Å². The number of carbonyl (C=O) groups excluding carboxylic acids is 1. The first kappa shape index (κ1) is 19.0. The normalized spacial score (nSPS) is 18.4. The van der Waals surface area contributed by atoms with Crippen LogP contribution in [0.1, 0.15) is 22.4 Å². The van der Waals surface area contributed by atoms with E-state index in [1.807, 2.05) is 0 Å². The van der Waals surface area contributed by atoms with Gasteiger partial charge in [0.2, 0.25) is 5.91 Å². The van der Waals surface area contributed by atoms with Crippen molar-refractivity contribution >= 4 is 11.6 Å². The summed E-state index contributed by atoms with van der Waals surface area (Å²) >= 11 is 0. The molecular formula is C21H13F5N2O. The second-order valence-corrected chi connectivity index (χ2v) is 6.79. The van der Waals surface area contributed by atoms with Gasteiger partial charge < -0.3 is 5.32 Å². The Morgan fingerprint density at radius 1 is 0.966 bits per heavy atom. The Labute approximate surface area is 162 Å². The lowest BCUT2D eigenvalue weighted by Gasteiger charge is -2.28. The molecule has 0 radical (unpaired) electrons. The van der Waals surface area contributed by atoms with Gasteiger partial charge in [-0.2, -0.15) is 13.2 Å². The van der Waals surface area contributed by atoms with Crippen LogP contribution in [-0.4, -0.2) is 10.9 Å². The number of hydrogen-bond acceptors (Lipinski definition) is 2. The number of alkyl halides is 3. The molecule has 0 spiro atoms. The third-order valence-electron chi connectivity index (χ3n) is 4.98. The van der Waals surface area contributed by atoms with Crippen molar-refractivity contribution in [2.75, 3.05) is 5.32 Å². The van der Waals surface area contributed by atoms with Gasteiger partial charge in [-0.15, -0.1) is 0 Å². The molecule has 1 amide bonds. The highest BCUT2D eigenvalue weighted by atomic mass is 19.4. The van der Waals surface area contributed by atoms with Crippen molar-refractivity contribution in [1.82, 2.24) is 4.98 Å². The molecule has 4 rings (SSSR count). The number of benzene rings is 2. The van der Waals surface area contributed by atoms with Gasteiger partial charge in [-0.05, 0) is 53.4 Å². The van der Waals surface area contributed by atoms with E-state index in [1.165, 1.54) is 36.4 Å². The molecule has 2 aromatic carbocycles. The Bertz CT molecular complexity index is 1090. The van der Waals surface area contributed by atoms with Gasteiger partial charge in [0.05, 0.1) is 0 Å². The van der Waals surface area contributed by atoms with E-state index >= 15 is 0 Å². The van der Waals surface area contributed by atoms with E-state index in [-0.39, 0.29) is 12.1 Å². The molecule has 3 aromatic rings. The van der Waals surface area contributed by atoms with E-state index in [9.17, 15) is 26.7 Å². The van der Waals surface area contributed by atoms with Crippen LogP contribution in [0.15, 0.2) is 60.8 Å². The van der Waals surface area contributed by atoms with Crippen molar-refractivity contribution in [3.63, 3.8) is 0 Å². The molecule has 1 N–H and O–H groups in total. The number of nitrogens with one attached hydrogen (secondary N) is 1. The largest absolute Gasteiger partial charge is 0.433 e. The quantitative estimate of drug-likeness (QED) is 0.634. The molecule has 3 nitrogen and oxygen atoms in total. The number of hydrogen-bond donors (Lipinski definition) is 1. The second-order valence-electron chi connectivity index (χ2n) is 6.79. The summed E-state index contributed by atoms with van der Waals surface area (Å²) in [5, 5.41) is 2.60. The lowest BCUT2D eigenvalue weighted by Crippen LogP contribution is -2.38. The predicted octanol–water partition coefficient (Wildman–Crippen LogP) is 4.86. The monoisotopic (exact) mass is 404 g/mol. The molecule has 0 saturated carbocycles. The topological polar surface area (TPSA) is 42.0 Å². The van der Waals surface area contributed by atoms with Gasteiger partial charge in [-0.1, -0.05) is 24.3 Å². The lowest BCUT2D eigenvalue weighted by atomic mass is 9.71. The van der Waals surface area contributed by atoms with Crippen LogP contribution < -0.4 is 5.32 Å². The van der Waals surface area contributed by atoms with Gasteiger partial charge in [-0.25, -0.2) is 8.78 Å². The zero-order valence-corrected chi connectivity index (χ0v) is 14.7. The minimum Gasteiger partial charge on any atom is -0.325 e. The van der Waals surface area contributed by atoms with E-state index in [2.05, 4.69) is 10.3 Å². The molecule has 0 fully saturated rings. The number of pyridine rings is 1. The van der Waals surface area contributed by atoms with Crippen molar-refractivity contribution in [2.45, 2.75) is 18.0 Å². The van der Waals surface area contributed by atoms with E-state index in [0.717, 1.165) is 18.3 Å². The fourth-order valence-electron chi connectivity index (χ4n) is 3.66. The lowest BCUT2D eigenvalue weighted by molar-refractivity contribution is -0.141. The van der Waals surface area contributed by atoms with Gasteiger partial charge in [0.15, 0.2) is 0 Å². The highest BCUT2D eigenvalue weighted by Gasteiger charge is 2.48. The van der Waals surface area contributed by atoms with Crippen molar-refractivity contribution in [3.8, 4) is 0 Å². The molecule has 148 valence electrons. The molecule has 0 saturated heterocycles. The highest BCUT2D eigenvalue weighted by molar-refractivity contribution is 6.09. The van der Waals surface area contributed by atoms with E-state index in [0.29, 0.717) is 16.7 Å². The van der Waals surface area contributed by atoms with Crippen LogP contribution in [0.5, 0.6) is 0 Å². The maximum absolute atomic E-state index is 14.0. The average molecular weight is 404 g/mol. The highest BCUT2D eigenvalue weighted by Crippen LogP contribution is 2.45. The third kappa shape index (κ3) is 3.24. The summed E-state index contributed by atoms with van der Waals surface area (Å²) in [7, 11) is 0. The number of fused-ring (bicyclic) bond motifs is 1. The molecule has 1 aromatic heterocycles. The summed E-state index contributed by atoms with van der Waals surface area (Å²) in [5.41, 5.74) is -1.20. The van der Waals surface area contributed by atoms with Crippen molar-refractivity contribution in [3.05, 3.63) is 94.8 Å². The Balaban J connectivity index is 1.86. The van der Waals surface area contributed by atoms with Crippen LogP contribution >= 0.6 is 0 Å². The molecule has 2 heterocycles. The van der Waals surface area contributed by atoms with Gasteiger partial charge >= 0.3 is 6.18 Å². The van der Waals surface area contributed by atoms with Gasteiger partial charge in [-0.3, -0.25) is 9.78 Å². The molecule has 0 bridgehead atoms. The number of halogens is 5. The summed E-state index contributed by atoms with van der Waals surface area (Å²) in [6, 6.07) is 11.2. The molecule has 0 aliphatic carbocycles. The second kappa shape index (κ2) is 6.65. The van der Waals surface area contributed by atoms with Crippen molar-refractivity contribution in [1.29, 1.82) is 0 Å². The third-order valence-corrected chi connectivity index (χ3v) is 4.98. The Hall–Kier alpha value is -3.29. The summed E-state index contributed by atoms with van der Waals surface area (Å²) < 4.78 is 66.0. The van der Waals surface area contributed by atoms with Gasteiger partial charge in [0.1, 0.15) is 22.7 Å². The van der Waals surface area contributed by atoms with E-state index < -0.39 is 34.8 Å². The SMILES string of the molecule is O=C1Nc2cc(F)ccc2C1(Cc1ccc(C(F)(F)F)nc1)c1cccc(F)c1. The van der Waals surface area contributed by atoms with Gasteiger partial charge in [0.25, 0.3) is 0 Å². The average Bonchev–Trinajstić information content (AvgIpc) is 2.93. The fourth-order valence-corrected chi connectivity index (χ4v) is 3.66. The zero-order valence-electron chi connectivity index (χ0n) is 14.7. The number of carbonyl (C=O) groups is 1. The molecule has 8 heteroatoms. The minimum absolute atomic E-state index is 0.0773. The van der Waals surface area contributed by atoms with E-state index in [4.69, 9.17) is 0 Å². The fraction of sp³-hybridized carbons (Fsp3) is 0.143. The van der Waals surface area contributed by atoms with Crippen LogP contribution in [0.4, 0.5) is 27.6 Å². The molecular weight excluding hydrogens is 391 g/mol. The molecule has 29 heavy (non-hydrogen) atoms. The Kier molecular flexibility index (Phi) is 4.37. The van der Waals surface area contributed by atoms with Crippen molar-refractivity contribution < 1.29 is 26.7 Å². The minimum atomic E-state index is -4.59. The summed E-state index contributed by atoms with van der Waals surface area (Å²) in [5.74, 6) is -1.66. The number of amides is 1. The Morgan fingerprint density at radius 2 is 1.72 bits per heavy atom. The molecule has 1 aliphatic rings. The van der Waals surface area contributed by atoms with Crippen LogP contribution in [0.2, 0.25) is 0 Å². The summed E-state index contributed by atoms with van der Waals surface area (Å²) in [4.78, 5) is 16.5. The van der Waals surface area contributed by atoms with E-state index in [1.54, 1.807) is 6.07 Å². The number of rotatable bonds is 3. The van der Waals surface area contributed by atoms with Crippen LogP contribution in [-0.2, 0) is 22.8 Å². The molecule has 1 aliphatic heterocycles. The Morgan fingerprint density at radius 3 is 2.38 bits per heavy atom. The standard InChI is InChI=1S/C21H13F5N2O/c22-14-3-1-2-13(8-14)20(10-12-4-7-18(27-11-12)21(24,25)26)16-6-5-15(23)9-17(16)28-19(20)29/h1-9,11H,10H2,(H,28,29). The molecule has 1 unspecified atom stereocenters. The summed E-state index contributed by atoms with van der Waals surface area (Å²) in [6.45, 7) is 0. The predicted molar refractivity (Wildman–Crippen MR) is 95.2 cm³/mol. The first-order valence-electron chi connectivity index (χ1n) is 8.60. The molecule has 1 atom stereocenters.